The van der Waals surface area contributed by atoms with Crippen LogP contribution in [0, 0.1) is 0 Å². The molecule has 3 rings (SSSR count). The summed E-state index contributed by atoms with van der Waals surface area (Å²) in [6.45, 7) is 0.713. The summed E-state index contributed by atoms with van der Waals surface area (Å²) in [4.78, 5) is 21.6. The minimum atomic E-state index is -0.101. The molecule has 1 aromatic rings. The van der Waals surface area contributed by atoms with E-state index in [2.05, 4.69) is 15.3 Å². The van der Waals surface area contributed by atoms with Gasteiger partial charge in [0.25, 0.3) is 0 Å². The van der Waals surface area contributed by atoms with Crippen LogP contribution in [0.15, 0.2) is 6.33 Å². The van der Waals surface area contributed by atoms with E-state index in [-0.39, 0.29) is 11.9 Å². The molecule has 5 heteroatoms. The molecule has 0 aromatic carbocycles. The van der Waals surface area contributed by atoms with Gasteiger partial charge in [-0.2, -0.15) is 0 Å². The van der Waals surface area contributed by atoms with E-state index in [9.17, 15) is 4.79 Å². The van der Waals surface area contributed by atoms with Gasteiger partial charge in [-0.25, -0.2) is 4.98 Å². The molecule has 92 valence electrons. The first kappa shape index (κ1) is 10.8. The first-order chi connectivity index (χ1) is 8.25. The second-order valence-electron chi connectivity index (χ2n) is 5.00. The van der Waals surface area contributed by atoms with Crippen molar-refractivity contribution < 1.29 is 4.79 Å². The van der Waals surface area contributed by atoms with Crippen molar-refractivity contribution in [1.82, 2.24) is 20.2 Å². The molecule has 0 bridgehead atoms. The monoisotopic (exact) mass is 234 g/mol. The lowest BCUT2D eigenvalue weighted by Gasteiger charge is -2.37. The lowest BCUT2D eigenvalue weighted by Crippen LogP contribution is -2.52. The third-order valence-electron chi connectivity index (χ3n) is 4.00. The van der Waals surface area contributed by atoms with Crippen molar-refractivity contribution >= 4 is 5.91 Å². The van der Waals surface area contributed by atoms with Gasteiger partial charge in [-0.15, -0.1) is 0 Å². The third kappa shape index (κ3) is 1.84. The number of fused-ring (bicyclic) bond motifs is 1. The Kier molecular flexibility index (Phi) is 2.63. The highest BCUT2D eigenvalue weighted by Gasteiger charge is 2.32. The summed E-state index contributed by atoms with van der Waals surface area (Å²) in [6.07, 6.45) is 5.97. The van der Waals surface area contributed by atoms with Crippen molar-refractivity contribution in [3.05, 3.63) is 17.7 Å². The van der Waals surface area contributed by atoms with E-state index in [1.165, 1.54) is 6.42 Å². The molecule has 1 atom stereocenters. The second-order valence-corrected chi connectivity index (χ2v) is 5.00. The van der Waals surface area contributed by atoms with E-state index in [0.29, 0.717) is 19.0 Å². The molecule has 5 nitrogen and oxygen atoms in total. The molecule has 2 N–H and O–H groups in total. The zero-order valence-corrected chi connectivity index (χ0v) is 10.1. The zero-order valence-electron chi connectivity index (χ0n) is 10.1. The molecule has 1 aliphatic heterocycles. The smallest absolute Gasteiger partial charge is 0.240 e. The topological polar surface area (TPSA) is 61.0 Å². The van der Waals surface area contributed by atoms with E-state index in [1.54, 1.807) is 6.33 Å². The van der Waals surface area contributed by atoms with Crippen molar-refractivity contribution in [3.63, 3.8) is 0 Å². The predicted molar refractivity (Wildman–Crippen MR) is 63.3 cm³/mol. The van der Waals surface area contributed by atoms with Gasteiger partial charge in [0.2, 0.25) is 5.91 Å². The number of carbonyl (C=O) groups excluding carboxylic acids is 1. The van der Waals surface area contributed by atoms with Crippen LogP contribution in [0.5, 0.6) is 0 Å². The van der Waals surface area contributed by atoms with E-state index in [1.807, 2.05) is 11.9 Å². The van der Waals surface area contributed by atoms with Gasteiger partial charge in [0.15, 0.2) is 0 Å². The fourth-order valence-corrected chi connectivity index (χ4v) is 2.54. The molecular formula is C12H18N4O. The standard InChI is InChI=1S/C12H18N4O/c1-16(8-3-2-4-8)12(17)10-5-9-11(6-13-10)15-7-14-9/h7-8,10,13H,2-6H2,1H3,(H,14,15). The SMILES string of the molecule is CN(C(=O)C1Cc2nc[nH]c2CN1)C1CCC1. The van der Waals surface area contributed by atoms with Crippen LogP contribution in [-0.2, 0) is 17.8 Å². The van der Waals surface area contributed by atoms with Gasteiger partial charge < -0.3 is 9.88 Å². The summed E-state index contributed by atoms with van der Waals surface area (Å²) in [6, 6.07) is 0.362. The number of hydrogen-bond acceptors (Lipinski definition) is 3. The van der Waals surface area contributed by atoms with Crippen molar-refractivity contribution in [2.24, 2.45) is 0 Å². The van der Waals surface area contributed by atoms with Gasteiger partial charge in [-0.3, -0.25) is 10.1 Å². The van der Waals surface area contributed by atoms with E-state index >= 15 is 0 Å². The Balaban J connectivity index is 1.67. The number of aromatic nitrogens is 2. The highest BCUT2D eigenvalue weighted by molar-refractivity contribution is 5.82. The molecular weight excluding hydrogens is 216 g/mol. The zero-order chi connectivity index (χ0) is 11.8. The molecule has 0 saturated heterocycles. The van der Waals surface area contributed by atoms with Gasteiger partial charge in [0.05, 0.1) is 23.8 Å². The van der Waals surface area contributed by atoms with Crippen LogP contribution in [0.2, 0.25) is 0 Å². The summed E-state index contributed by atoms with van der Waals surface area (Å²) >= 11 is 0. The van der Waals surface area contributed by atoms with Crippen LogP contribution in [0.3, 0.4) is 0 Å². The maximum absolute atomic E-state index is 12.3. The number of amides is 1. The number of aromatic amines is 1. The average molecular weight is 234 g/mol. The Morgan fingerprint density at radius 1 is 1.53 bits per heavy atom. The number of nitrogens with zero attached hydrogens (tertiary/aromatic N) is 2. The molecule has 17 heavy (non-hydrogen) atoms. The third-order valence-corrected chi connectivity index (χ3v) is 4.00. The molecule has 2 heterocycles. The number of rotatable bonds is 2. The van der Waals surface area contributed by atoms with Crippen LogP contribution >= 0.6 is 0 Å². The maximum Gasteiger partial charge on any atom is 0.240 e. The number of carbonyl (C=O) groups is 1. The second kappa shape index (κ2) is 4.14. The van der Waals surface area contributed by atoms with Gasteiger partial charge >= 0.3 is 0 Å². The first-order valence-corrected chi connectivity index (χ1v) is 6.27. The van der Waals surface area contributed by atoms with Gasteiger partial charge in [-0.1, -0.05) is 0 Å². The predicted octanol–water partition coefficient (Wildman–Crippen LogP) is 0.435. The van der Waals surface area contributed by atoms with E-state index in [0.717, 1.165) is 24.2 Å². The minimum absolute atomic E-state index is 0.101. The van der Waals surface area contributed by atoms with Crippen LogP contribution in [0.25, 0.3) is 0 Å². The Labute approximate surface area is 101 Å². The molecule has 1 unspecified atom stereocenters. The molecule has 1 aromatic heterocycles. The van der Waals surface area contributed by atoms with Crippen molar-refractivity contribution in [3.8, 4) is 0 Å². The van der Waals surface area contributed by atoms with Crippen molar-refractivity contribution in [2.75, 3.05) is 7.05 Å². The van der Waals surface area contributed by atoms with E-state index < -0.39 is 0 Å². The average Bonchev–Trinajstić information content (AvgIpc) is 2.72. The quantitative estimate of drug-likeness (QED) is 0.780. The molecule has 2 aliphatic rings. The fraction of sp³-hybridized carbons (Fsp3) is 0.667. The molecule has 0 radical (unpaired) electrons. The normalized spacial score (nSPS) is 23.9. The highest BCUT2D eigenvalue weighted by atomic mass is 16.2. The largest absolute Gasteiger partial charge is 0.347 e. The number of nitrogens with one attached hydrogen (secondary N) is 2. The summed E-state index contributed by atoms with van der Waals surface area (Å²) in [5.41, 5.74) is 2.14. The molecule has 0 spiro atoms. The Bertz CT molecular complexity index is 424. The fourth-order valence-electron chi connectivity index (χ4n) is 2.54. The molecule has 1 saturated carbocycles. The van der Waals surface area contributed by atoms with Crippen molar-refractivity contribution in [2.45, 2.75) is 44.3 Å². The summed E-state index contributed by atoms with van der Waals surface area (Å²) in [5, 5.41) is 3.28. The number of likely N-dealkylation sites (N-methyl/N-ethyl adjacent to an activating group) is 1. The molecule has 1 fully saturated rings. The van der Waals surface area contributed by atoms with Crippen LogP contribution < -0.4 is 5.32 Å². The summed E-state index contributed by atoms with van der Waals surface area (Å²) in [5.74, 6) is 0.211. The number of H-pyrrole nitrogens is 1. The maximum atomic E-state index is 12.3. The molecule has 1 amide bonds. The summed E-state index contributed by atoms with van der Waals surface area (Å²) in [7, 11) is 1.92. The lowest BCUT2D eigenvalue weighted by molar-refractivity contribution is -0.136. The lowest BCUT2D eigenvalue weighted by atomic mass is 9.91. The van der Waals surface area contributed by atoms with Crippen LogP contribution in [-0.4, -0.2) is 39.9 Å². The Hall–Kier alpha value is -1.36. The number of imidazole rings is 1. The van der Waals surface area contributed by atoms with E-state index in [4.69, 9.17) is 0 Å². The highest BCUT2D eigenvalue weighted by Crippen LogP contribution is 2.24. The Morgan fingerprint density at radius 3 is 3.06 bits per heavy atom. The minimum Gasteiger partial charge on any atom is -0.347 e. The van der Waals surface area contributed by atoms with Gasteiger partial charge in [0.1, 0.15) is 0 Å². The van der Waals surface area contributed by atoms with Gasteiger partial charge in [0, 0.05) is 26.1 Å². The van der Waals surface area contributed by atoms with Crippen LogP contribution in [0.1, 0.15) is 30.7 Å². The Morgan fingerprint density at radius 2 is 2.35 bits per heavy atom. The van der Waals surface area contributed by atoms with Crippen molar-refractivity contribution in [1.29, 1.82) is 0 Å². The summed E-state index contributed by atoms with van der Waals surface area (Å²) < 4.78 is 0. The number of hydrogen-bond donors (Lipinski definition) is 2. The molecule has 1 aliphatic carbocycles. The van der Waals surface area contributed by atoms with Crippen LogP contribution in [0.4, 0.5) is 0 Å². The van der Waals surface area contributed by atoms with Gasteiger partial charge in [-0.05, 0) is 19.3 Å². The first-order valence-electron chi connectivity index (χ1n) is 6.27.